The average molecular weight is 435 g/mol. The molecule has 0 bridgehead atoms. The van der Waals surface area contributed by atoms with Crippen LogP contribution in [0.5, 0.6) is 0 Å². The lowest BCUT2D eigenvalue weighted by Crippen LogP contribution is -2.35. The Kier molecular flexibility index (Phi) is 5.89. The summed E-state index contributed by atoms with van der Waals surface area (Å²) in [4.78, 5) is 20.3. The SMILES string of the molecule is Cn1ccsc1=NC(=O)c1cc(S(=O)(=O)N2CCCCC2)ccc1N1CCCC1. The number of carbonyl (C=O) groups is 1. The number of aryl methyl sites for hydroxylation is 1. The highest BCUT2D eigenvalue weighted by Gasteiger charge is 2.28. The zero-order chi connectivity index (χ0) is 20.4. The summed E-state index contributed by atoms with van der Waals surface area (Å²) in [6.45, 7) is 2.81. The molecule has 1 amide bonds. The topological polar surface area (TPSA) is 75.0 Å². The lowest BCUT2D eigenvalue weighted by Gasteiger charge is -2.27. The third-order valence-corrected chi connectivity index (χ3v) is 8.30. The van der Waals surface area contributed by atoms with Crippen LogP contribution in [0, 0.1) is 0 Å². The van der Waals surface area contributed by atoms with Crippen LogP contribution in [0.1, 0.15) is 42.5 Å². The summed E-state index contributed by atoms with van der Waals surface area (Å²) >= 11 is 1.38. The van der Waals surface area contributed by atoms with Gasteiger partial charge in [0.15, 0.2) is 4.80 Å². The molecule has 0 aliphatic carbocycles. The summed E-state index contributed by atoms with van der Waals surface area (Å²) in [5.74, 6) is -0.402. The minimum atomic E-state index is -3.61. The van der Waals surface area contributed by atoms with E-state index in [1.165, 1.54) is 21.7 Å². The third-order valence-electron chi connectivity index (χ3n) is 5.55. The first-order chi connectivity index (χ1) is 14.0. The maximum Gasteiger partial charge on any atom is 0.281 e. The fraction of sp³-hybridized carbons (Fsp3) is 0.500. The fourth-order valence-electron chi connectivity index (χ4n) is 3.92. The van der Waals surface area contributed by atoms with Gasteiger partial charge in [0.25, 0.3) is 5.91 Å². The van der Waals surface area contributed by atoms with Crippen LogP contribution in [-0.2, 0) is 17.1 Å². The molecule has 0 atom stereocenters. The molecule has 2 aliphatic rings. The smallest absolute Gasteiger partial charge is 0.281 e. The van der Waals surface area contributed by atoms with E-state index < -0.39 is 15.9 Å². The van der Waals surface area contributed by atoms with E-state index in [2.05, 4.69) is 9.89 Å². The van der Waals surface area contributed by atoms with Gasteiger partial charge in [-0.15, -0.1) is 11.3 Å². The van der Waals surface area contributed by atoms with Gasteiger partial charge in [0.05, 0.1) is 10.5 Å². The van der Waals surface area contributed by atoms with Crippen molar-refractivity contribution < 1.29 is 13.2 Å². The average Bonchev–Trinajstić information content (AvgIpc) is 3.40. The van der Waals surface area contributed by atoms with E-state index in [1.807, 2.05) is 18.6 Å². The molecule has 1 aromatic carbocycles. The number of thiazole rings is 1. The number of aromatic nitrogens is 1. The standard InChI is InChI=1S/C20H26N4O3S2/c1-22-13-14-28-20(22)21-19(25)17-15-16(7-8-18(17)23-9-5-6-10-23)29(26,27)24-11-3-2-4-12-24/h7-8,13-15H,2-6,9-12H2,1H3. The Bertz CT molecular complexity index is 1060. The van der Waals surface area contributed by atoms with E-state index >= 15 is 0 Å². The molecule has 1 aromatic heterocycles. The summed E-state index contributed by atoms with van der Waals surface area (Å²) in [7, 11) is -1.78. The fourth-order valence-corrected chi connectivity index (χ4v) is 6.19. The molecule has 4 rings (SSSR count). The number of sulfonamides is 1. The van der Waals surface area contributed by atoms with E-state index in [0.717, 1.165) is 50.9 Å². The van der Waals surface area contributed by atoms with E-state index in [4.69, 9.17) is 0 Å². The summed E-state index contributed by atoms with van der Waals surface area (Å²) in [5.41, 5.74) is 1.13. The van der Waals surface area contributed by atoms with Gasteiger partial charge in [-0.3, -0.25) is 4.79 Å². The lowest BCUT2D eigenvalue weighted by molar-refractivity contribution is 0.0998. The first-order valence-electron chi connectivity index (χ1n) is 10.1. The molecule has 0 saturated carbocycles. The van der Waals surface area contributed by atoms with Crippen molar-refractivity contribution in [3.05, 3.63) is 40.1 Å². The van der Waals surface area contributed by atoms with Gasteiger partial charge in [-0.25, -0.2) is 8.42 Å². The molecule has 156 valence electrons. The number of benzene rings is 1. The van der Waals surface area contributed by atoms with Crippen LogP contribution in [0.3, 0.4) is 0 Å². The van der Waals surface area contributed by atoms with Gasteiger partial charge in [-0.1, -0.05) is 6.42 Å². The van der Waals surface area contributed by atoms with Gasteiger partial charge in [0.1, 0.15) is 0 Å². The van der Waals surface area contributed by atoms with E-state index in [9.17, 15) is 13.2 Å². The van der Waals surface area contributed by atoms with Gasteiger partial charge < -0.3 is 9.47 Å². The molecule has 2 fully saturated rings. The Morgan fingerprint density at radius 2 is 1.72 bits per heavy atom. The molecule has 0 N–H and O–H groups in total. The Balaban J connectivity index is 1.77. The van der Waals surface area contributed by atoms with Crippen molar-refractivity contribution in [1.29, 1.82) is 0 Å². The second-order valence-corrected chi connectivity index (χ2v) is 10.4. The molecule has 9 heteroatoms. The van der Waals surface area contributed by atoms with Crippen molar-refractivity contribution in [1.82, 2.24) is 8.87 Å². The highest BCUT2D eigenvalue weighted by Crippen LogP contribution is 2.30. The molecule has 29 heavy (non-hydrogen) atoms. The number of hydrogen-bond acceptors (Lipinski definition) is 5. The number of nitrogens with zero attached hydrogens (tertiary/aromatic N) is 4. The van der Waals surface area contributed by atoms with Crippen LogP contribution in [0.2, 0.25) is 0 Å². The molecule has 2 aromatic rings. The Labute approximate surface area is 175 Å². The second kappa shape index (κ2) is 8.41. The lowest BCUT2D eigenvalue weighted by atomic mass is 10.1. The van der Waals surface area contributed by atoms with Crippen LogP contribution < -0.4 is 9.70 Å². The van der Waals surface area contributed by atoms with Crippen molar-refractivity contribution >= 4 is 33.0 Å². The zero-order valence-electron chi connectivity index (χ0n) is 16.6. The van der Waals surface area contributed by atoms with Crippen molar-refractivity contribution in [2.24, 2.45) is 12.0 Å². The predicted octanol–water partition coefficient (Wildman–Crippen LogP) is 2.60. The third kappa shape index (κ3) is 4.17. The van der Waals surface area contributed by atoms with Crippen LogP contribution >= 0.6 is 11.3 Å². The molecule has 0 radical (unpaired) electrons. The maximum absolute atomic E-state index is 13.1. The van der Waals surface area contributed by atoms with Gasteiger partial charge in [0, 0.05) is 50.5 Å². The van der Waals surface area contributed by atoms with Crippen molar-refractivity contribution in [3.63, 3.8) is 0 Å². The van der Waals surface area contributed by atoms with Crippen molar-refractivity contribution in [3.8, 4) is 0 Å². The van der Waals surface area contributed by atoms with Gasteiger partial charge in [-0.05, 0) is 43.9 Å². The zero-order valence-corrected chi connectivity index (χ0v) is 18.2. The number of anilines is 1. The van der Waals surface area contributed by atoms with Gasteiger partial charge in [-0.2, -0.15) is 9.30 Å². The largest absolute Gasteiger partial charge is 0.371 e. The second-order valence-electron chi connectivity index (χ2n) is 7.55. The van der Waals surface area contributed by atoms with Gasteiger partial charge in [0.2, 0.25) is 10.0 Å². The molecule has 7 nitrogen and oxygen atoms in total. The van der Waals surface area contributed by atoms with Crippen molar-refractivity contribution in [2.45, 2.75) is 37.0 Å². The maximum atomic E-state index is 13.1. The van der Waals surface area contributed by atoms with E-state index in [-0.39, 0.29) is 4.90 Å². The molecule has 3 heterocycles. The first-order valence-corrected chi connectivity index (χ1v) is 12.4. The molecule has 0 spiro atoms. The molecule has 2 saturated heterocycles. The quantitative estimate of drug-likeness (QED) is 0.741. The predicted molar refractivity (Wildman–Crippen MR) is 114 cm³/mol. The van der Waals surface area contributed by atoms with Crippen LogP contribution in [0.25, 0.3) is 0 Å². The Hall–Kier alpha value is -1.97. The molecule has 0 unspecified atom stereocenters. The van der Waals surface area contributed by atoms with E-state index in [1.54, 1.807) is 16.7 Å². The first kappa shape index (κ1) is 20.3. The minimum absolute atomic E-state index is 0.177. The number of piperidine rings is 1. The summed E-state index contributed by atoms with van der Waals surface area (Å²) in [6, 6.07) is 4.94. The molecular formula is C20H26N4O3S2. The summed E-state index contributed by atoms with van der Waals surface area (Å²) in [6.07, 6.45) is 6.79. The number of hydrogen-bond donors (Lipinski definition) is 0. The Morgan fingerprint density at radius 1 is 1.03 bits per heavy atom. The molecule has 2 aliphatic heterocycles. The number of carbonyl (C=O) groups excluding carboxylic acids is 1. The normalized spacial score (nSPS) is 19.1. The number of amides is 1. The van der Waals surface area contributed by atoms with Gasteiger partial charge >= 0.3 is 0 Å². The van der Waals surface area contributed by atoms with Crippen LogP contribution in [0.15, 0.2) is 39.7 Å². The highest BCUT2D eigenvalue weighted by atomic mass is 32.2. The van der Waals surface area contributed by atoms with E-state index in [0.29, 0.717) is 23.5 Å². The molecular weight excluding hydrogens is 408 g/mol. The summed E-state index contributed by atoms with van der Waals surface area (Å²) < 4.78 is 29.6. The van der Waals surface area contributed by atoms with Crippen LogP contribution in [-0.4, -0.2) is 49.4 Å². The number of rotatable bonds is 4. The van der Waals surface area contributed by atoms with Crippen LogP contribution in [0.4, 0.5) is 5.69 Å². The highest BCUT2D eigenvalue weighted by molar-refractivity contribution is 7.89. The summed E-state index contributed by atoms with van der Waals surface area (Å²) in [5, 5.41) is 1.87. The Morgan fingerprint density at radius 3 is 2.38 bits per heavy atom. The minimum Gasteiger partial charge on any atom is -0.371 e. The monoisotopic (exact) mass is 434 g/mol. The van der Waals surface area contributed by atoms with Crippen molar-refractivity contribution in [2.75, 3.05) is 31.1 Å².